The van der Waals surface area contributed by atoms with Gasteiger partial charge in [-0.3, -0.25) is 0 Å². The molecule has 2 aromatic rings. The standard InChI is InChI=1S/C17H23N7O3/c1-2-24-22-16(21-23-24)8-19-17(26)18-7-10-3-4-12-11(5-10)15-6-13(20-12)14(25)9-27-15/h3-5,13-15,20,25H,2,6-9H2,1H3,(H2,18,19,26)/t13-,14-,15-/m1/s1. The summed E-state index contributed by atoms with van der Waals surface area (Å²) in [5, 5.41) is 30.7. The Morgan fingerprint density at radius 3 is 3.07 bits per heavy atom. The van der Waals surface area contributed by atoms with E-state index < -0.39 is 6.10 Å². The second-order valence-electron chi connectivity index (χ2n) is 6.73. The second kappa shape index (κ2) is 7.49. The number of tetrazole rings is 1. The summed E-state index contributed by atoms with van der Waals surface area (Å²) in [6.07, 6.45) is 0.250. The van der Waals surface area contributed by atoms with Crippen molar-refractivity contribution in [1.29, 1.82) is 0 Å². The molecule has 1 fully saturated rings. The molecule has 144 valence electrons. The second-order valence-corrected chi connectivity index (χ2v) is 6.73. The van der Waals surface area contributed by atoms with Crippen molar-refractivity contribution in [3.63, 3.8) is 0 Å². The fraction of sp³-hybridized carbons (Fsp3) is 0.529. The molecular weight excluding hydrogens is 350 g/mol. The zero-order valence-corrected chi connectivity index (χ0v) is 15.1. The van der Waals surface area contributed by atoms with Crippen LogP contribution < -0.4 is 16.0 Å². The van der Waals surface area contributed by atoms with E-state index in [4.69, 9.17) is 4.74 Å². The molecule has 10 heteroatoms. The van der Waals surface area contributed by atoms with Crippen LogP contribution in [-0.2, 0) is 24.4 Å². The van der Waals surface area contributed by atoms with Crippen molar-refractivity contribution in [1.82, 2.24) is 30.8 Å². The van der Waals surface area contributed by atoms with Gasteiger partial charge in [-0.15, -0.1) is 10.2 Å². The lowest BCUT2D eigenvalue weighted by molar-refractivity contribution is -0.0672. The topological polar surface area (TPSA) is 126 Å². The molecule has 2 bridgehead atoms. The van der Waals surface area contributed by atoms with Crippen molar-refractivity contribution in [2.75, 3.05) is 11.9 Å². The van der Waals surface area contributed by atoms with E-state index in [0.717, 1.165) is 23.2 Å². The van der Waals surface area contributed by atoms with Crippen molar-refractivity contribution in [2.45, 2.75) is 51.2 Å². The molecule has 10 nitrogen and oxygen atoms in total. The minimum absolute atomic E-state index is 0.0179. The predicted molar refractivity (Wildman–Crippen MR) is 95.7 cm³/mol. The molecule has 2 aliphatic rings. The maximum absolute atomic E-state index is 12.0. The van der Waals surface area contributed by atoms with E-state index >= 15 is 0 Å². The van der Waals surface area contributed by atoms with Gasteiger partial charge in [0, 0.05) is 24.2 Å². The van der Waals surface area contributed by atoms with E-state index in [0.29, 0.717) is 25.5 Å². The number of benzene rings is 1. The SMILES string of the molecule is CCn1nnc(CNC(=O)NCc2ccc3c(c2)[C@H]2C[C@@H](N3)[C@H](O)CO2)n1. The number of hydrogen-bond acceptors (Lipinski definition) is 7. The van der Waals surface area contributed by atoms with Gasteiger partial charge in [0.15, 0.2) is 5.82 Å². The van der Waals surface area contributed by atoms with Crippen LogP contribution in [0.2, 0.25) is 0 Å². The van der Waals surface area contributed by atoms with Crippen LogP contribution in [0.1, 0.15) is 36.4 Å². The number of nitrogens with one attached hydrogen (secondary N) is 3. The zero-order valence-electron chi connectivity index (χ0n) is 15.1. The van der Waals surface area contributed by atoms with Gasteiger partial charge in [0.2, 0.25) is 0 Å². The highest BCUT2D eigenvalue weighted by molar-refractivity contribution is 5.73. The Kier molecular flexibility index (Phi) is 4.90. The highest BCUT2D eigenvalue weighted by Crippen LogP contribution is 2.39. The third-order valence-corrected chi connectivity index (χ3v) is 4.84. The Labute approximate surface area is 156 Å². The highest BCUT2D eigenvalue weighted by atomic mass is 16.5. The van der Waals surface area contributed by atoms with Gasteiger partial charge in [-0.05, 0) is 29.8 Å². The summed E-state index contributed by atoms with van der Waals surface area (Å²) in [5.74, 6) is 0.470. The molecule has 0 aliphatic carbocycles. The van der Waals surface area contributed by atoms with Crippen LogP contribution in [0.15, 0.2) is 18.2 Å². The number of urea groups is 1. The zero-order chi connectivity index (χ0) is 18.8. The van der Waals surface area contributed by atoms with Crippen LogP contribution in [0.25, 0.3) is 0 Å². The van der Waals surface area contributed by atoms with E-state index in [1.54, 1.807) is 0 Å². The highest BCUT2D eigenvalue weighted by Gasteiger charge is 2.36. The monoisotopic (exact) mass is 373 g/mol. The van der Waals surface area contributed by atoms with Crippen molar-refractivity contribution in [2.24, 2.45) is 0 Å². The third-order valence-electron chi connectivity index (χ3n) is 4.84. The fourth-order valence-electron chi connectivity index (χ4n) is 3.36. The number of amides is 2. The largest absolute Gasteiger partial charge is 0.389 e. The third kappa shape index (κ3) is 3.86. The Bertz CT molecular complexity index is 825. The predicted octanol–water partition coefficient (Wildman–Crippen LogP) is 0.309. The molecule has 1 aromatic carbocycles. The molecule has 3 atom stereocenters. The van der Waals surface area contributed by atoms with Gasteiger partial charge in [0.25, 0.3) is 0 Å². The molecule has 3 heterocycles. The van der Waals surface area contributed by atoms with Crippen LogP contribution in [0, 0.1) is 0 Å². The number of nitrogens with zero attached hydrogens (tertiary/aromatic N) is 4. The lowest BCUT2D eigenvalue weighted by Crippen LogP contribution is -2.46. The van der Waals surface area contributed by atoms with E-state index in [-0.39, 0.29) is 24.7 Å². The van der Waals surface area contributed by atoms with Crippen molar-refractivity contribution in [3.8, 4) is 0 Å². The first-order valence-corrected chi connectivity index (χ1v) is 9.09. The quantitative estimate of drug-likeness (QED) is 0.594. The van der Waals surface area contributed by atoms with Crippen LogP contribution in [0.5, 0.6) is 0 Å². The Morgan fingerprint density at radius 1 is 1.41 bits per heavy atom. The fourth-order valence-corrected chi connectivity index (χ4v) is 3.36. The van der Waals surface area contributed by atoms with E-state index in [1.807, 2.05) is 25.1 Å². The van der Waals surface area contributed by atoms with Gasteiger partial charge < -0.3 is 25.8 Å². The Balaban J connectivity index is 1.32. The average molecular weight is 373 g/mol. The summed E-state index contributed by atoms with van der Waals surface area (Å²) >= 11 is 0. The van der Waals surface area contributed by atoms with Gasteiger partial charge in [-0.1, -0.05) is 6.07 Å². The summed E-state index contributed by atoms with van der Waals surface area (Å²) in [5.41, 5.74) is 3.03. The maximum atomic E-state index is 12.0. The van der Waals surface area contributed by atoms with Crippen LogP contribution >= 0.6 is 0 Å². The molecule has 1 saturated heterocycles. The van der Waals surface area contributed by atoms with Crippen molar-refractivity contribution in [3.05, 3.63) is 35.2 Å². The van der Waals surface area contributed by atoms with Crippen LogP contribution in [-0.4, -0.2) is 50.1 Å². The number of carbonyl (C=O) groups excluding carboxylic acids is 1. The smallest absolute Gasteiger partial charge is 0.315 e. The van der Waals surface area contributed by atoms with Gasteiger partial charge >= 0.3 is 6.03 Å². The molecule has 0 saturated carbocycles. The maximum Gasteiger partial charge on any atom is 0.315 e. The molecule has 0 radical (unpaired) electrons. The normalized spacial score (nSPS) is 23.3. The van der Waals surface area contributed by atoms with Crippen LogP contribution in [0.4, 0.5) is 10.5 Å². The summed E-state index contributed by atoms with van der Waals surface area (Å²) in [6.45, 7) is 3.51. The number of anilines is 1. The molecule has 1 aromatic heterocycles. The van der Waals surface area contributed by atoms with Gasteiger partial charge in [-0.25, -0.2) is 4.79 Å². The lowest BCUT2D eigenvalue weighted by atomic mass is 9.89. The van der Waals surface area contributed by atoms with E-state index in [1.165, 1.54) is 4.80 Å². The number of fused-ring (bicyclic) bond motifs is 4. The van der Waals surface area contributed by atoms with Crippen LogP contribution in [0.3, 0.4) is 0 Å². The van der Waals surface area contributed by atoms with Gasteiger partial charge in [-0.2, -0.15) is 4.80 Å². The number of aryl methyl sites for hydroxylation is 1. The molecule has 0 unspecified atom stereocenters. The first-order chi connectivity index (χ1) is 13.1. The number of hydrogen-bond donors (Lipinski definition) is 4. The van der Waals surface area contributed by atoms with Crippen molar-refractivity contribution >= 4 is 11.7 Å². The summed E-state index contributed by atoms with van der Waals surface area (Å²) in [6, 6.07) is 5.70. The van der Waals surface area contributed by atoms with Gasteiger partial charge in [0.1, 0.15) is 0 Å². The van der Waals surface area contributed by atoms with Gasteiger partial charge in [0.05, 0.1) is 37.9 Å². The number of aromatic nitrogens is 4. The average Bonchev–Trinajstić information content (AvgIpc) is 3.16. The first kappa shape index (κ1) is 17.7. The van der Waals surface area contributed by atoms with E-state index in [2.05, 4.69) is 31.4 Å². The molecule has 4 rings (SSSR count). The summed E-state index contributed by atoms with van der Waals surface area (Å²) < 4.78 is 5.76. The molecule has 0 spiro atoms. The number of aliphatic hydroxyl groups excluding tert-OH is 1. The molecule has 2 amide bonds. The number of rotatable bonds is 5. The summed E-state index contributed by atoms with van der Waals surface area (Å²) in [7, 11) is 0. The lowest BCUT2D eigenvalue weighted by Gasteiger charge is -2.40. The minimum Gasteiger partial charge on any atom is -0.389 e. The molecular formula is C17H23N7O3. The number of aliphatic hydroxyl groups is 1. The summed E-state index contributed by atoms with van der Waals surface area (Å²) in [4.78, 5) is 13.5. The molecule has 2 aliphatic heterocycles. The number of carbonyl (C=O) groups is 1. The number of ether oxygens (including phenoxy) is 1. The Morgan fingerprint density at radius 2 is 2.26 bits per heavy atom. The first-order valence-electron chi connectivity index (χ1n) is 9.09. The molecule has 4 N–H and O–H groups in total. The van der Waals surface area contributed by atoms with Crippen molar-refractivity contribution < 1.29 is 14.6 Å². The molecule has 27 heavy (non-hydrogen) atoms. The minimum atomic E-state index is -0.479. The van der Waals surface area contributed by atoms with E-state index in [9.17, 15) is 9.90 Å². The Hall–Kier alpha value is -2.72.